The minimum absolute atomic E-state index is 0.0439. The van der Waals surface area contributed by atoms with Crippen LogP contribution >= 0.6 is 11.8 Å². The van der Waals surface area contributed by atoms with Crippen LogP contribution in [0.25, 0.3) is 10.9 Å². The molecule has 2 fully saturated rings. The molecule has 15 heteroatoms. The third kappa shape index (κ3) is 4.71. The molecule has 7 atom stereocenters. The van der Waals surface area contributed by atoms with Crippen molar-refractivity contribution in [1.29, 1.82) is 0 Å². The van der Waals surface area contributed by atoms with Crippen LogP contribution in [0.4, 0.5) is 0 Å². The van der Waals surface area contributed by atoms with Crippen molar-refractivity contribution in [3.05, 3.63) is 68.9 Å². The van der Waals surface area contributed by atoms with Crippen LogP contribution in [0.2, 0.25) is 0 Å². The van der Waals surface area contributed by atoms with Gasteiger partial charge in [-0.05, 0) is 68.6 Å². The molecule has 0 radical (unpaired) electrons. The number of hydrogen-bond donors (Lipinski definition) is 4. The highest BCUT2D eigenvalue weighted by atomic mass is 32.2. The minimum atomic E-state index is -1.28. The van der Waals surface area contributed by atoms with Crippen LogP contribution in [0.3, 0.4) is 0 Å². The molecule has 3 aromatic carbocycles. The van der Waals surface area contributed by atoms with Crippen molar-refractivity contribution in [3.8, 4) is 34.5 Å². The first-order valence-corrected chi connectivity index (χ1v) is 20.0. The van der Waals surface area contributed by atoms with Crippen molar-refractivity contribution in [1.82, 2.24) is 20.1 Å². The van der Waals surface area contributed by atoms with E-state index < -0.39 is 47.1 Å². The molecule has 0 amide bonds. The third-order valence-corrected chi connectivity index (χ3v) is 14.4. The number of aromatic hydroxyl groups is 1. The number of benzene rings is 3. The zero-order valence-corrected chi connectivity index (χ0v) is 32.8. The van der Waals surface area contributed by atoms with Crippen LogP contribution < -0.4 is 29.0 Å². The van der Waals surface area contributed by atoms with Crippen LogP contribution in [0.15, 0.2) is 24.3 Å². The molecule has 11 rings (SSSR count). The summed E-state index contributed by atoms with van der Waals surface area (Å²) in [6, 6.07) is 5.77. The van der Waals surface area contributed by atoms with Crippen LogP contribution in [0.5, 0.6) is 34.5 Å². The van der Waals surface area contributed by atoms with Gasteiger partial charge in [-0.25, -0.2) is 4.79 Å². The van der Waals surface area contributed by atoms with Gasteiger partial charge in [0.05, 0.1) is 43.3 Å². The Labute approximate surface area is 327 Å². The molecule has 294 valence electrons. The van der Waals surface area contributed by atoms with E-state index in [9.17, 15) is 19.8 Å². The standard InChI is InChI=1S/C41H44N4O10S/c1-17-11-20-12-25-39(48)45-26-14-52-40(49)41(38-22(9-10-42-41)23-13-21(50-5)7-8-24(23)43-38)15-56-37(31(45)30(44(25)4)27(20)32(47)33(17)51-6)29-28(26)36-35(53-16-54-36)18(2)34(29)55-19(3)46/h7-8,11,13,25-26,30-31,37,39,42-43,47-48H,9-10,12,14-16H2,1-6H3/t25-,26-,30+,31?,37+,39-,41+/m0/s1. The molecule has 4 aromatic rings. The number of aromatic amines is 1. The fraction of sp³-hybridized carbons (Fsp3) is 0.463. The van der Waals surface area contributed by atoms with Crippen molar-refractivity contribution in [3.63, 3.8) is 0 Å². The molecule has 7 aliphatic rings. The second kappa shape index (κ2) is 12.7. The summed E-state index contributed by atoms with van der Waals surface area (Å²) in [6.45, 7) is 5.46. The number of ether oxygens (including phenoxy) is 6. The third-order valence-electron chi connectivity index (χ3n) is 12.9. The molecule has 7 aliphatic heterocycles. The largest absolute Gasteiger partial charge is 0.504 e. The maximum absolute atomic E-state index is 14.9. The number of fused-ring (bicyclic) bond motifs is 11. The van der Waals surface area contributed by atoms with E-state index in [1.807, 2.05) is 50.1 Å². The molecule has 4 N–H and O–H groups in total. The van der Waals surface area contributed by atoms with E-state index in [1.54, 1.807) is 14.2 Å². The highest BCUT2D eigenvalue weighted by Crippen LogP contribution is 2.64. The van der Waals surface area contributed by atoms with Gasteiger partial charge in [-0.3, -0.25) is 19.9 Å². The number of carbonyl (C=O) groups is 2. The van der Waals surface area contributed by atoms with Crippen LogP contribution in [0, 0.1) is 13.8 Å². The number of H-pyrrole nitrogens is 1. The zero-order valence-electron chi connectivity index (χ0n) is 32.0. The minimum Gasteiger partial charge on any atom is -0.504 e. The predicted octanol–water partition coefficient (Wildman–Crippen LogP) is 4.19. The maximum Gasteiger partial charge on any atom is 0.333 e. The van der Waals surface area contributed by atoms with Gasteiger partial charge in [0, 0.05) is 58.4 Å². The van der Waals surface area contributed by atoms with Crippen molar-refractivity contribution in [2.45, 2.75) is 74.8 Å². The van der Waals surface area contributed by atoms with Crippen molar-refractivity contribution < 1.29 is 48.2 Å². The first-order chi connectivity index (χ1) is 27.0. The Bertz CT molecular complexity index is 2360. The van der Waals surface area contributed by atoms with E-state index in [-0.39, 0.29) is 30.9 Å². The Morgan fingerprint density at radius 3 is 2.62 bits per heavy atom. The van der Waals surface area contributed by atoms with Gasteiger partial charge in [-0.15, -0.1) is 11.8 Å². The summed E-state index contributed by atoms with van der Waals surface area (Å²) in [7, 11) is 5.17. The molecule has 0 saturated carbocycles. The lowest BCUT2D eigenvalue weighted by atomic mass is 9.73. The molecule has 4 bridgehead atoms. The molecule has 2 saturated heterocycles. The van der Waals surface area contributed by atoms with Crippen molar-refractivity contribution in [2.75, 3.05) is 47.0 Å². The van der Waals surface area contributed by atoms with Crippen molar-refractivity contribution in [2.24, 2.45) is 0 Å². The molecule has 8 heterocycles. The van der Waals surface area contributed by atoms with Gasteiger partial charge in [-0.1, -0.05) is 6.07 Å². The molecule has 1 unspecified atom stereocenters. The second-order valence-corrected chi connectivity index (χ2v) is 16.8. The Morgan fingerprint density at radius 2 is 1.86 bits per heavy atom. The summed E-state index contributed by atoms with van der Waals surface area (Å²) >= 11 is 1.53. The number of carbonyl (C=O) groups excluding carboxylic acids is 2. The number of rotatable bonds is 3. The number of likely N-dealkylation sites (N-methyl/N-ethyl adjacent to an activating group) is 1. The predicted molar refractivity (Wildman–Crippen MR) is 205 cm³/mol. The van der Waals surface area contributed by atoms with E-state index >= 15 is 0 Å². The van der Waals surface area contributed by atoms with E-state index in [2.05, 4.69) is 15.2 Å². The lowest BCUT2D eigenvalue weighted by molar-refractivity contribution is -0.186. The van der Waals surface area contributed by atoms with Crippen LogP contribution in [0.1, 0.15) is 68.9 Å². The number of phenols is 1. The second-order valence-electron chi connectivity index (χ2n) is 15.6. The highest BCUT2D eigenvalue weighted by molar-refractivity contribution is 7.99. The lowest BCUT2D eigenvalue weighted by Gasteiger charge is -2.62. The van der Waals surface area contributed by atoms with Gasteiger partial charge in [0.2, 0.25) is 6.79 Å². The Kier molecular flexibility index (Phi) is 8.08. The van der Waals surface area contributed by atoms with Crippen LogP contribution in [-0.4, -0.2) is 102 Å². The number of methoxy groups -OCH3 is 2. The first-order valence-electron chi connectivity index (χ1n) is 18.9. The van der Waals surface area contributed by atoms with Gasteiger partial charge in [0.25, 0.3) is 0 Å². The number of aromatic nitrogens is 1. The number of nitrogens with one attached hydrogen (secondary N) is 2. The molecule has 1 aromatic heterocycles. The van der Waals surface area contributed by atoms with E-state index in [0.717, 1.165) is 44.6 Å². The average molecular weight is 785 g/mol. The summed E-state index contributed by atoms with van der Waals surface area (Å²) < 4.78 is 36.2. The highest BCUT2D eigenvalue weighted by Gasteiger charge is 2.61. The van der Waals surface area contributed by atoms with E-state index in [0.29, 0.717) is 59.1 Å². The fourth-order valence-corrected chi connectivity index (χ4v) is 12.2. The summed E-state index contributed by atoms with van der Waals surface area (Å²) in [5.41, 5.74) is 5.79. The summed E-state index contributed by atoms with van der Waals surface area (Å²) in [6.07, 6.45) is 0.129. The van der Waals surface area contributed by atoms with Gasteiger partial charge in [-0.2, -0.15) is 0 Å². The number of aliphatic hydroxyl groups excluding tert-OH is 1. The average Bonchev–Trinajstić information content (AvgIpc) is 3.82. The SMILES string of the molecule is COc1ccc2[nH]c3c(c2c1)CCN[C@]31CS[C@@H]2c3c(OC(C)=O)c(C)c4c(c3[C@H](COC1=O)N1C2[C@H]2c3c(cc(C)c(OC)c3O)C[C@@H]([C@@H]1O)N2C)OCO4. The molecule has 0 aliphatic carbocycles. The summed E-state index contributed by atoms with van der Waals surface area (Å²) in [5, 5.41) is 28.7. The van der Waals surface area contributed by atoms with Gasteiger partial charge >= 0.3 is 11.9 Å². The summed E-state index contributed by atoms with van der Waals surface area (Å²) in [4.78, 5) is 35.6. The van der Waals surface area contributed by atoms with E-state index in [1.165, 1.54) is 18.7 Å². The number of nitrogens with zero attached hydrogens (tertiary/aromatic N) is 2. The zero-order chi connectivity index (χ0) is 38.9. The quantitative estimate of drug-likeness (QED) is 0.173. The molecule has 1 spiro atoms. The lowest BCUT2D eigenvalue weighted by Crippen LogP contribution is -2.70. The van der Waals surface area contributed by atoms with Crippen molar-refractivity contribution >= 4 is 34.6 Å². The Balaban J connectivity index is 1.23. The number of hydrogen-bond acceptors (Lipinski definition) is 14. The van der Waals surface area contributed by atoms with Gasteiger partial charge in [0.1, 0.15) is 24.3 Å². The topological polar surface area (TPSA) is 164 Å². The Hall–Kier alpha value is -4.67. The maximum atomic E-state index is 14.9. The first kappa shape index (κ1) is 35.7. The number of aliphatic hydroxyl groups is 1. The smallest absolute Gasteiger partial charge is 0.333 e. The van der Waals surface area contributed by atoms with Gasteiger partial charge in [0.15, 0.2) is 28.5 Å². The monoisotopic (exact) mass is 784 g/mol. The normalized spacial score (nSPS) is 28.9. The van der Waals surface area contributed by atoms with Gasteiger partial charge < -0.3 is 43.6 Å². The summed E-state index contributed by atoms with van der Waals surface area (Å²) in [5.74, 6) is 1.73. The number of esters is 2. The number of piperazine rings is 1. The van der Waals surface area contributed by atoms with Crippen LogP contribution in [-0.2, 0) is 32.7 Å². The molecular formula is C41H44N4O10S. The van der Waals surface area contributed by atoms with E-state index in [4.69, 9.17) is 28.4 Å². The molecule has 56 heavy (non-hydrogen) atoms. The number of aryl methyl sites for hydroxylation is 1. The molecule has 14 nitrogen and oxygen atoms in total. The fourth-order valence-electron chi connectivity index (χ4n) is 10.6. The number of thioether (sulfide) groups is 1. The number of phenolic OH excluding ortho intramolecular Hbond substituents is 1. The molecular weight excluding hydrogens is 741 g/mol. The Morgan fingerprint density at radius 1 is 1.05 bits per heavy atom.